The van der Waals surface area contributed by atoms with Gasteiger partial charge in [0.25, 0.3) is 11.8 Å². The van der Waals surface area contributed by atoms with Gasteiger partial charge in [0.1, 0.15) is 22.8 Å². The fourth-order valence-electron chi connectivity index (χ4n) is 5.40. The molecule has 36 heavy (non-hydrogen) atoms. The number of aryl methyl sites for hydroxylation is 1. The quantitative estimate of drug-likeness (QED) is 0.599. The summed E-state index contributed by atoms with van der Waals surface area (Å²) < 4.78 is 17.4. The minimum atomic E-state index is -1.18. The highest BCUT2D eigenvalue weighted by Gasteiger charge is 2.58. The summed E-state index contributed by atoms with van der Waals surface area (Å²) in [4.78, 5) is 37.9. The summed E-state index contributed by atoms with van der Waals surface area (Å²) >= 11 is 0. The molecule has 2 aliphatic heterocycles. The number of hydrogen-bond acceptors (Lipinski definition) is 5. The Kier molecular flexibility index (Phi) is 4.35. The lowest BCUT2D eigenvalue weighted by atomic mass is 9.97. The van der Waals surface area contributed by atoms with Crippen LogP contribution in [0.25, 0.3) is 22.2 Å². The van der Waals surface area contributed by atoms with Gasteiger partial charge < -0.3 is 14.6 Å². The van der Waals surface area contributed by atoms with Gasteiger partial charge in [-0.05, 0) is 61.1 Å². The first kappa shape index (κ1) is 21.7. The second-order valence-corrected chi connectivity index (χ2v) is 10.7. The molecule has 0 bridgehead atoms. The number of hydrogen-bond donors (Lipinski definition) is 1. The number of halogens is 1. The van der Waals surface area contributed by atoms with Crippen LogP contribution >= 0.6 is 0 Å². The van der Waals surface area contributed by atoms with Crippen molar-refractivity contribution in [2.24, 2.45) is 18.0 Å². The SMILES string of the molecule is Cn1cnc2cc(-c3ccc(C4=NC5(CC5)C(=O)N4CC4CN(C(=O)C5(O)CC5)C4)c(F)c3)ccc21. The Morgan fingerprint density at radius 1 is 1.11 bits per heavy atom. The van der Waals surface area contributed by atoms with Crippen molar-refractivity contribution < 1.29 is 19.1 Å². The van der Waals surface area contributed by atoms with E-state index in [0.29, 0.717) is 56.7 Å². The Morgan fingerprint density at radius 2 is 1.83 bits per heavy atom. The zero-order valence-electron chi connectivity index (χ0n) is 19.9. The van der Waals surface area contributed by atoms with Crippen molar-refractivity contribution in [3.63, 3.8) is 0 Å². The predicted octanol–water partition coefficient (Wildman–Crippen LogP) is 2.48. The van der Waals surface area contributed by atoms with Gasteiger partial charge in [-0.2, -0.15) is 0 Å². The smallest absolute Gasteiger partial charge is 0.256 e. The van der Waals surface area contributed by atoms with Crippen molar-refractivity contribution >= 4 is 28.7 Å². The van der Waals surface area contributed by atoms with Crippen LogP contribution in [0.2, 0.25) is 0 Å². The number of imidazole rings is 1. The average molecular weight is 488 g/mol. The third kappa shape index (κ3) is 3.22. The number of fused-ring (bicyclic) bond motifs is 1. The molecule has 3 aromatic rings. The molecule has 8 nitrogen and oxygen atoms in total. The van der Waals surface area contributed by atoms with Gasteiger partial charge in [-0.3, -0.25) is 19.5 Å². The number of likely N-dealkylation sites (tertiary alicyclic amines) is 1. The van der Waals surface area contributed by atoms with Crippen LogP contribution in [0.3, 0.4) is 0 Å². The molecule has 2 aromatic carbocycles. The number of carbonyl (C=O) groups excluding carboxylic acids is 2. The third-order valence-electron chi connectivity index (χ3n) is 8.02. The molecule has 1 N–H and O–H groups in total. The predicted molar refractivity (Wildman–Crippen MR) is 131 cm³/mol. The van der Waals surface area contributed by atoms with Gasteiger partial charge in [0, 0.05) is 32.6 Å². The van der Waals surface area contributed by atoms with Crippen LogP contribution in [0.5, 0.6) is 0 Å². The second-order valence-electron chi connectivity index (χ2n) is 10.7. The highest BCUT2D eigenvalue weighted by Crippen LogP contribution is 2.47. The second kappa shape index (κ2) is 7.22. The molecule has 0 unspecified atom stereocenters. The summed E-state index contributed by atoms with van der Waals surface area (Å²) in [6, 6.07) is 10.9. The van der Waals surface area contributed by atoms with E-state index in [1.165, 1.54) is 6.07 Å². The maximum Gasteiger partial charge on any atom is 0.256 e. The van der Waals surface area contributed by atoms with E-state index in [9.17, 15) is 14.7 Å². The fraction of sp³-hybridized carbons (Fsp3) is 0.407. The zero-order valence-corrected chi connectivity index (χ0v) is 19.9. The zero-order chi connectivity index (χ0) is 24.8. The molecule has 3 heterocycles. The third-order valence-corrected chi connectivity index (χ3v) is 8.02. The topological polar surface area (TPSA) is 91.0 Å². The molecule has 1 spiro atoms. The number of amidine groups is 1. The Bertz CT molecular complexity index is 1480. The molecule has 7 rings (SSSR count). The van der Waals surface area contributed by atoms with E-state index < -0.39 is 17.0 Å². The van der Waals surface area contributed by atoms with E-state index in [1.807, 2.05) is 35.9 Å². The van der Waals surface area contributed by atoms with Gasteiger partial charge >= 0.3 is 0 Å². The molecule has 184 valence electrons. The van der Waals surface area contributed by atoms with Crippen LogP contribution in [0, 0.1) is 11.7 Å². The number of nitrogens with zero attached hydrogens (tertiary/aromatic N) is 5. The van der Waals surface area contributed by atoms with Crippen LogP contribution in [0.1, 0.15) is 31.2 Å². The van der Waals surface area contributed by atoms with E-state index in [-0.39, 0.29) is 17.7 Å². The first-order valence-corrected chi connectivity index (χ1v) is 12.4. The molecule has 2 amide bonds. The first-order chi connectivity index (χ1) is 17.3. The van der Waals surface area contributed by atoms with Crippen molar-refractivity contribution in [2.75, 3.05) is 19.6 Å². The normalized spacial score (nSPS) is 21.8. The van der Waals surface area contributed by atoms with E-state index in [2.05, 4.69) is 4.98 Å². The number of benzene rings is 2. The summed E-state index contributed by atoms with van der Waals surface area (Å²) in [6.45, 7) is 1.37. The number of amides is 2. The van der Waals surface area contributed by atoms with Gasteiger partial charge in [0.15, 0.2) is 0 Å². The van der Waals surface area contributed by atoms with Crippen molar-refractivity contribution in [1.29, 1.82) is 0 Å². The molecule has 3 fully saturated rings. The van der Waals surface area contributed by atoms with Crippen molar-refractivity contribution in [1.82, 2.24) is 19.4 Å². The van der Waals surface area contributed by atoms with E-state index in [4.69, 9.17) is 4.99 Å². The highest BCUT2D eigenvalue weighted by atomic mass is 19.1. The highest BCUT2D eigenvalue weighted by molar-refractivity contribution is 6.16. The number of aliphatic hydroxyl groups is 1. The van der Waals surface area contributed by atoms with E-state index in [0.717, 1.165) is 22.2 Å². The van der Waals surface area contributed by atoms with Gasteiger partial charge in [-0.15, -0.1) is 0 Å². The molecular formula is C27H26FN5O3. The van der Waals surface area contributed by atoms with Crippen LogP contribution in [-0.4, -0.2) is 72.9 Å². The molecule has 4 aliphatic rings. The first-order valence-electron chi connectivity index (χ1n) is 12.4. The van der Waals surface area contributed by atoms with Gasteiger partial charge in [0.05, 0.1) is 22.9 Å². The number of aliphatic imine (C=N–C) groups is 1. The largest absolute Gasteiger partial charge is 0.380 e. The standard InChI is InChI=1S/C27H26FN5O3/c1-31-15-29-21-11-18(3-5-22(21)31)17-2-4-19(20(28)10-17)23-30-26(6-7-26)24(34)33(23)14-16-12-32(13-16)25(35)27(36)8-9-27/h2-5,10-11,15-16,36H,6-9,12-14H2,1H3. The summed E-state index contributed by atoms with van der Waals surface area (Å²) in [5, 5.41) is 10.1. The summed E-state index contributed by atoms with van der Waals surface area (Å²) in [7, 11) is 1.93. The van der Waals surface area contributed by atoms with Crippen LogP contribution in [0.4, 0.5) is 4.39 Å². The minimum absolute atomic E-state index is 0.0757. The Balaban J connectivity index is 1.13. The molecular weight excluding hydrogens is 461 g/mol. The van der Waals surface area contributed by atoms with Crippen molar-refractivity contribution in [2.45, 2.75) is 36.8 Å². The number of aromatic nitrogens is 2. The summed E-state index contributed by atoms with van der Waals surface area (Å²) in [5.41, 5.74) is 1.83. The molecule has 1 saturated heterocycles. The lowest BCUT2D eigenvalue weighted by Crippen LogP contribution is -2.57. The Morgan fingerprint density at radius 3 is 2.53 bits per heavy atom. The van der Waals surface area contributed by atoms with Gasteiger partial charge in [-0.1, -0.05) is 12.1 Å². The summed E-state index contributed by atoms with van der Waals surface area (Å²) in [6.07, 6.45) is 4.14. The Hall–Kier alpha value is -3.59. The maximum absolute atomic E-state index is 15.5. The van der Waals surface area contributed by atoms with Crippen LogP contribution in [0.15, 0.2) is 47.7 Å². The lowest BCUT2D eigenvalue weighted by Gasteiger charge is -2.42. The average Bonchev–Trinajstić information content (AvgIpc) is 3.74. The molecule has 0 radical (unpaired) electrons. The molecule has 2 saturated carbocycles. The minimum Gasteiger partial charge on any atom is -0.380 e. The van der Waals surface area contributed by atoms with Crippen LogP contribution < -0.4 is 0 Å². The number of rotatable bonds is 5. The van der Waals surface area contributed by atoms with E-state index >= 15 is 4.39 Å². The molecule has 1 aromatic heterocycles. The van der Waals surface area contributed by atoms with Crippen molar-refractivity contribution in [3.8, 4) is 11.1 Å². The van der Waals surface area contributed by atoms with Gasteiger partial charge in [0.2, 0.25) is 0 Å². The van der Waals surface area contributed by atoms with E-state index in [1.54, 1.807) is 22.2 Å². The van der Waals surface area contributed by atoms with Crippen LogP contribution in [-0.2, 0) is 16.6 Å². The molecule has 2 aliphatic carbocycles. The lowest BCUT2D eigenvalue weighted by molar-refractivity contribution is -0.149. The monoisotopic (exact) mass is 487 g/mol. The molecule has 0 atom stereocenters. The number of carbonyl (C=O) groups is 2. The maximum atomic E-state index is 15.5. The fourth-order valence-corrected chi connectivity index (χ4v) is 5.40. The summed E-state index contributed by atoms with van der Waals surface area (Å²) in [5.74, 6) is -0.264. The van der Waals surface area contributed by atoms with Crippen molar-refractivity contribution in [3.05, 3.63) is 54.1 Å². The van der Waals surface area contributed by atoms with Gasteiger partial charge in [-0.25, -0.2) is 9.37 Å². The Labute approximate surface area is 207 Å². The molecule has 9 heteroatoms.